The number of thiocarbonyl (C=S) groups is 1. The number of carbonyl (C=O) groups excluding carboxylic acids is 1. The van der Waals surface area contributed by atoms with E-state index < -0.39 is 5.41 Å². The Bertz CT molecular complexity index is 472. The molecule has 0 aromatic heterocycles. The van der Waals surface area contributed by atoms with E-state index in [1.165, 1.54) is 6.07 Å². The summed E-state index contributed by atoms with van der Waals surface area (Å²) in [7, 11) is 0. The number of amides is 1. The van der Waals surface area contributed by atoms with E-state index in [-0.39, 0.29) is 23.3 Å². The molecule has 0 spiro atoms. The van der Waals surface area contributed by atoms with E-state index in [2.05, 4.69) is 5.32 Å². The van der Waals surface area contributed by atoms with Crippen LogP contribution >= 0.6 is 12.2 Å². The van der Waals surface area contributed by atoms with E-state index in [0.717, 1.165) is 0 Å². The third-order valence-electron chi connectivity index (χ3n) is 3.51. The smallest absolute Gasteiger partial charge is 0.233 e. The number of rotatable bonds is 6. The molecule has 5 heteroatoms. The van der Waals surface area contributed by atoms with E-state index in [1.54, 1.807) is 18.2 Å². The summed E-state index contributed by atoms with van der Waals surface area (Å²) in [5.74, 6) is -0.579. The van der Waals surface area contributed by atoms with Gasteiger partial charge < -0.3 is 11.1 Å². The quantitative estimate of drug-likeness (QED) is 0.788. The number of nitrogens with one attached hydrogen (secondary N) is 1. The maximum Gasteiger partial charge on any atom is 0.233 e. The summed E-state index contributed by atoms with van der Waals surface area (Å²) in [6.45, 7) is 3.87. The van der Waals surface area contributed by atoms with Crippen LogP contribution in [0.5, 0.6) is 0 Å². The fraction of sp³-hybridized carbons (Fsp3) is 0.429. The first kappa shape index (κ1) is 15.6. The Kier molecular flexibility index (Phi) is 5.42. The second-order valence-electron chi connectivity index (χ2n) is 4.43. The van der Waals surface area contributed by atoms with Crippen molar-refractivity contribution in [2.45, 2.75) is 33.2 Å². The topological polar surface area (TPSA) is 55.1 Å². The number of halogens is 1. The zero-order valence-electron chi connectivity index (χ0n) is 11.2. The highest BCUT2D eigenvalue weighted by Crippen LogP contribution is 2.27. The average Bonchev–Trinajstić information content (AvgIpc) is 2.39. The fourth-order valence-corrected chi connectivity index (χ4v) is 2.40. The Morgan fingerprint density at radius 2 is 1.95 bits per heavy atom. The Morgan fingerprint density at radius 1 is 1.37 bits per heavy atom. The molecule has 1 aromatic rings. The molecule has 3 nitrogen and oxygen atoms in total. The molecule has 1 aromatic carbocycles. The predicted molar refractivity (Wildman–Crippen MR) is 78.0 cm³/mol. The van der Waals surface area contributed by atoms with Gasteiger partial charge in [0, 0.05) is 12.1 Å². The molecule has 0 atom stereocenters. The van der Waals surface area contributed by atoms with Crippen LogP contribution in [0.15, 0.2) is 24.3 Å². The molecule has 19 heavy (non-hydrogen) atoms. The molecule has 104 valence electrons. The molecule has 0 aliphatic carbocycles. The first-order chi connectivity index (χ1) is 8.97. The van der Waals surface area contributed by atoms with Crippen molar-refractivity contribution in [3.63, 3.8) is 0 Å². The molecular formula is C14H19FN2OS. The zero-order chi connectivity index (χ0) is 14.5. The molecule has 0 saturated heterocycles. The SMILES string of the molecule is CCC(CC)(C(=O)NCc1ccccc1F)C(N)=S. The summed E-state index contributed by atoms with van der Waals surface area (Å²) < 4.78 is 13.5. The van der Waals surface area contributed by atoms with Crippen LogP contribution in [-0.4, -0.2) is 10.9 Å². The number of carbonyl (C=O) groups is 1. The molecule has 0 saturated carbocycles. The first-order valence-electron chi connectivity index (χ1n) is 6.29. The number of hydrogen-bond acceptors (Lipinski definition) is 2. The Hall–Kier alpha value is -1.49. The molecule has 0 fully saturated rings. The molecule has 0 radical (unpaired) electrons. The molecule has 3 N–H and O–H groups in total. The van der Waals surface area contributed by atoms with Crippen LogP contribution in [0.25, 0.3) is 0 Å². The standard InChI is InChI=1S/C14H19FN2OS/c1-3-14(4-2,12(16)19)13(18)17-9-10-7-5-6-8-11(10)15/h5-8H,3-4,9H2,1-2H3,(H2,16,19)(H,17,18). The molecule has 0 aliphatic rings. The number of hydrogen-bond donors (Lipinski definition) is 2. The third kappa shape index (κ3) is 3.29. The largest absolute Gasteiger partial charge is 0.392 e. The maximum atomic E-state index is 13.5. The Labute approximate surface area is 118 Å². The van der Waals surface area contributed by atoms with Gasteiger partial charge in [-0.2, -0.15) is 0 Å². The van der Waals surface area contributed by atoms with E-state index in [0.29, 0.717) is 18.4 Å². The highest BCUT2D eigenvalue weighted by Gasteiger charge is 2.37. The van der Waals surface area contributed by atoms with Crippen LogP contribution in [0.4, 0.5) is 4.39 Å². The van der Waals surface area contributed by atoms with Gasteiger partial charge in [-0.3, -0.25) is 4.79 Å². The minimum atomic E-state index is -0.847. The van der Waals surface area contributed by atoms with Crippen LogP contribution in [0.2, 0.25) is 0 Å². The summed E-state index contributed by atoms with van der Waals surface area (Å²) in [4.78, 5) is 12.4. The van der Waals surface area contributed by atoms with Gasteiger partial charge in [0.2, 0.25) is 5.91 Å². The van der Waals surface area contributed by atoms with E-state index in [1.807, 2.05) is 13.8 Å². The molecule has 0 bridgehead atoms. The van der Waals surface area contributed by atoms with Crippen molar-refractivity contribution < 1.29 is 9.18 Å². The second-order valence-corrected chi connectivity index (χ2v) is 4.87. The third-order valence-corrected chi connectivity index (χ3v) is 3.90. The van der Waals surface area contributed by atoms with E-state index >= 15 is 0 Å². The van der Waals surface area contributed by atoms with Gasteiger partial charge in [0.15, 0.2) is 0 Å². The lowest BCUT2D eigenvalue weighted by Crippen LogP contribution is -2.48. The van der Waals surface area contributed by atoms with Crippen LogP contribution in [0.3, 0.4) is 0 Å². The van der Waals surface area contributed by atoms with Gasteiger partial charge in [-0.05, 0) is 18.9 Å². The van der Waals surface area contributed by atoms with Gasteiger partial charge >= 0.3 is 0 Å². The van der Waals surface area contributed by atoms with Gasteiger partial charge in [-0.15, -0.1) is 0 Å². The van der Waals surface area contributed by atoms with Crippen molar-refractivity contribution in [2.75, 3.05) is 0 Å². The van der Waals surface area contributed by atoms with Gasteiger partial charge in [-0.25, -0.2) is 4.39 Å². The minimum Gasteiger partial charge on any atom is -0.392 e. The number of nitrogens with two attached hydrogens (primary N) is 1. The van der Waals surface area contributed by atoms with Crippen molar-refractivity contribution in [2.24, 2.45) is 11.1 Å². The second kappa shape index (κ2) is 6.61. The summed E-state index contributed by atoms with van der Waals surface area (Å²) in [5, 5.41) is 2.72. The first-order valence-corrected chi connectivity index (χ1v) is 6.70. The maximum absolute atomic E-state index is 13.5. The van der Waals surface area contributed by atoms with Crippen LogP contribution < -0.4 is 11.1 Å². The molecule has 0 unspecified atom stereocenters. The van der Waals surface area contributed by atoms with Gasteiger partial charge in [0.25, 0.3) is 0 Å². The molecule has 0 aliphatic heterocycles. The molecule has 0 heterocycles. The van der Waals surface area contributed by atoms with Crippen molar-refractivity contribution in [3.8, 4) is 0 Å². The van der Waals surface area contributed by atoms with Gasteiger partial charge in [0.05, 0.1) is 10.4 Å². The normalized spacial score (nSPS) is 11.1. The minimum absolute atomic E-state index is 0.135. The van der Waals surface area contributed by atoms with Gasteiger partial charge in [-0.1, -0.05) is 44.3 Å². The molecule has 1 amide bonds. The molecular weight excluding hydrogens is 263 g/mol. The van der Waals surface area contributed by atoms with Crippen LogP contribution in [0.1, 0.15) is 32.3 Å². The lowest BCUT2D eigenvalue weighted by Gasteiger charge is -2.28. The molecule has 1 rings (SSSR count). The Balaban J connectivity index is 2.79. The fourth-order valence-electron chi connectivity index (χ4n) is 2.02. The summed E-state index contributed by atoms with van der Waals surface area (Å²) in [6.07, 6.45) is 1.06. The van der Waals surface area contributed by atoms with Crippen molar-refractivity contribution in [3.05, 3.63) is 35.6 Å². The highest BCUT2D eigenvalue weighted by atomic mass is 32.1. The van der Waals surface area contributed by atoms with Crippen molar-refractivity contribution >= 4 is 23.1 Å². The summed E-state index contributed by atoms with van der Waals surface area (Å²) in [5.41, 5.74) is 5.29. The lowest BCUT2D eigenvalue weighted by molar-refractivity contribution is -0.128. The van der Waals surface area contributed by atoms with Crippen molar-refractivity contribution in [1.29, 1.82) is 0 Å². The van der Waals surface area contributed by atoms with Crippen molar-refractivity contribution in [1.82, 2.24) is 5.32 Å². The Morgan fingerprint density at radius 3 is 2.42 bits per heavy atom. The highest BCUT2D eigenvalue weighted by molar-refractivity contribution is 7.80. The summed E-state index contributed by atoms with van der Waals surface area (Å²) >= 11 is 5.00. The monoisotopic (exact) mass is 282 g/mol. The van der Waals surface area contributed by atoms with E-state index in [4.69, 9.17) is 18.0 Å². The van der Waals surface area contributed by atoms with Gasteiger partial charge in [0.1, 0.15) is 5.82 Å². The van der Waals surface area contributed by atoms with Crippen LogP contribution in [-0.2, 0) is 11.3 Å². The predicted octanol–water partition coefficient (Wildman–Crippen LogP) is 2.53. The zero-order valence-corrected chi connectivity index (χ0v) is 12.0. The van der Waals surface area contributed by atoms with Crippen LogP contribution in [0, 0.1) is 11.2 Å². The average molecular weight is 282 g/mol. The van der Waals surface area contributed by atoms with E-state index in [9.17, 15) is 9.18 Å². The lowest BCUT2D eigenvalue weighted by atomic mass is 9.81. The summed E-state index contributed by atoms with van der Waals surface area (Å²) in [6, 6.07) is 6.33. The number of benzene rings is 1.